The third kappa shape index (κ3) is 5.27. The standard InChI is InChI=1S/C15H25N3O3/c1-5-12(11(3)4)16-15(20)17-13(6-2)14(19)18-7-9-21-10-8-18/h1,11-13H,6-10H2,2-4H3,(H2,16,17,20)/t12-,13-/m0/s1. The maximum Gasteiger partial charge on any atom is 0.316 e. The largest absolute Gasteiger partial charge is 0.378 e. The van der Waals surface area contributed by atoms with Gasteiger partial charge >= 0.3 is 6.03 Å². The zero-order valence-electron chi connectivity index (χ0n) is 13.0. The molecule has 1 fully saturated rings. The van der Waals surface area contributed by atoms with Gasteiger partial charge in [0.05, 0.1) is 19.3 Å². The van der Waals surface area contributed by atoms with E-state index in [2.05, 4.69) is 16.6 Å². The molecule has 0 aromatic carbocycles. The highest BCUT2D eigenvalue weighted by atomic mass is 16.5. The Bertz CT molecular complexity index is 397. The van der Waals surface area contributed by atoms with Crippen molar-refractivity contribution in [1.82, 2.24) is 15.5 Å². The predicted octanol–water partition coefficient (Wildman–Crippen LogP) is 0.581. The SMILES string of the molecule is C#C[C@H](NC(=O)N[C@@H](CC)C(=O)N1CCOCC1)C(C)C. The molecular formula is C15H25N3O3. The van der Waals surface area contributed by atoms with Crippen LogP contribution in [0.2, 0.25) is 0 Å². The van der Waals surface area contributed by atoms with Gasteiger partial charge in [0.25, 0.3) is 0 Å². The van der Waals surface area contributed by atoms with Gasteiger partial charge in [-0.2, -0.15) is 0 Å². The lowest BCUT2D eigenvalue weighted by Gasteiger charge is -2.30. The highest BCUT2D eigenvalue weighted by Crippen LogP contribution is 2.04. The summed E-state index contributed by atoms with van der Waals surface area (Å²) in [7, 11) is 0. The van der Waals surface area contributed by atoms with E-state index in [4.69, 9.17) is 11.2 Å². The Morgan fingerprint density at radius 2 is 1.90 bits per heavy atom. The Balaban J connectivity index is 2.54. The van der Waals surface area contributed by atoms with Crippen LogP contribution in [0, 0.1) is 18.3 Å². The Labute approximate surface area is 126 Å². The molecule has 1 aliphatic rings. The van der Waals surface area contributed by atoms with Gasteiger partial charge in [0.1, 0.15) is 6.04 Å². The van der Waals surface area contributed by atoms with Gasteiger partial charge in [0.2, 0.25) is 5.91 Å². The molecule has 1 heterocycles. The fourth-order valence-electron chi connectivity index (χ4n) is 2.08. The maximum atomic E-state index is 12.3. The summed E-state index contributed by atoms with van der Waals surface area (Å²) in [5.41, 5.74) is 0. The summed E-state index contributed by atoms with van der Waals surface area (Å²) >= 11 is 0. The molecule has 0 bridgehead atoms. The summed E-state index contributed by atoms with van der Waals surface area (Å²) < 4.78 is 5.22. The first-order valence-corrected chi connectivity index (χ1v) is 7.39. The van der Waals surface area contributed by atoms with Crippen molar-refractivity contribution in [3.8, 4) is 12.3 Å². The second kappa shape index (κ2) is 8.53. The molecular weight excluding hydrogens is 270 g/mol. The Morgan fingerprint density at radius 1 is 1.29 bits per heavy atom. The molecule has 0 saturated carbocycles. The van der Waals surface area contributed by atoms with Gasteiger partial charge in [-0.3, -0.25) is 4.79 Å². The normalized spacial score (nSPS) is 17.8. The number of amides is 3. The molecule has 0 unspecified atom stereocenters. The number of hydrogen-bond donors (Lipinski definition) is 2. The van der Waals surface area contributed by atoms with Crippen LogP contribution in [0.5, 0.6) is 0 Å². The second-order valence-corrected chi connectivity index (χ2v) is 5.40. The van der Waals surface area contributed by atoms with E-state index >= 15 is 0 Å². The van der Waals surface area contributed by atoms with Gasteiger partial charge in [-0.15, -0.1) is 6.42 Å². The molecule has 118 valence electrons. The summed E-state index contributed by atoms with van der Waals surface area (Å²) in [6, 6.07) is -1.28. The Kier molecular flexibility index (Phi) is 7.03. The number of carbonyl (C=O) groups excluding carboxylic acids is 2. The number of nitrogens with one attached hydrogen (secondary N) is 2. The van der Waals surface area contributed by atoms with Crippen molar-refractivity contribution in [3.63, 3.8) is 0 Å². The number of ether oxygens (including phenoxy) is 1. The topological polar surface area (TPSA) is 70.7 Å². The fraction of sp³-hybridized carbons (Fsp3) is 0.733. The van der Waals surface area contributed by atoms with Crippen molar-refractivity contribution in [2.75, 3.05) is 26.3 Å². The van der Waals surface area contributed by atoms with E-state index in [1.54, 1.807) is 4.90 Å². The lowest BCUT2D eigenvalue weighted by Crippen LogP contribution is -2.54. The van der Waals surface area contributed by atoms with E-state index in [1.165, 1.54) is 0 Å². The van der Waals surface area contributed by atoms with Crippen molar-refractivity contribution < 1.29 is 14.3 Å². The Morgan fingerprint density at radius 3 is 2.38 bits per heavy atom. The molecule has 0 spiro atoms. The van der Waals surface area contributed by atoms with Crippen LogP contribution < -0.4 is 10.6 Å². The van der Waals surface area contributed by atoms with Gasteiger partial charge in [-0.25, -0.2) is 4.79 Å². The molecule has 2 atom stereocenters. The Hall–Kier alpha value is -1.74. The summed E-state index contributed by atoms with van der Waals surface area (Å²) in [6.07, 6.45) is 5.91. The fourth-order valence-corrected chi connectivity index (χ4v) is 2.08. The summed E-state index contributed by atoms with van der Waals surface area (Å²) in [6.45, 7) is 7.95. The van der Waals surface area contributed by atoms with Crippen LogP contribution in [-0.4, -0.2) is 55.2 Å². The number of urea groups is 1. The van der Waals surface area contributed by atoms with Crippen LogP contribution in [0.3, 0.4) is 0 Å². The lowest BCUT2D eigenvalue weighted by atomic mass is 10.1. The molecule has 2 N–H and O–H groups in total. The molecule has 6 heteroatoms. The lowest BCUT2D eigenvalue weighted by molar-refractivity contribution is -0.137. The number of terminal acetylenes is 1. The molecule has 21 heavy (non-hydrogen) atoms. The van der Waals surface area contributed by atoms with Gasteiger partial charge in [-0.05, 0) is 12.3 Å². The third-order valence-electron chi connectivity index (χ3n) is 3.47. The van der Waals surface area contributed by atoms with E-state index in [0.717, 1.165) is 0 Å². The molecule has 1 saturated heterocycles. The van der Waals surface area contributed by atoms with Crippen LogP contribution in [0.15, 0.2) is 0 Å². The van der Waals surface area contributed by atoms with E-state index in [9.17, 15) is 9.59 Å². The van der Waals surface area contributed by atoms with E-state index in [-0.39, 0.29) is 17.9 Å². The molecule has 0 aromatic heterocycles. The minimum atomic E-state index is -0.534. The van der Waals surface area contributed by atoms with Crippen molar-refractivity contribution >= 4 is 11.9 Å². The number of morpholine rings is 1. The third-order valence-corrected chi connectivity index (χ3v) is 3.47. The van der Waals surface area contributed by atoms with Crippen LogP contribution in [0.25, 0.3) is 0 Å². The summed E-state index contributed by atoms with van der Waals surface area (Å²) in [4.78, 5) is 26.0. The van der Waals surface area contributed by atoms with Crippen LogP contribution in [0.1, 0.15) is 27.2 Å². The molecule has 1 aliphatic heterocycles. The number of hydrogen-bond acceptors (Lipinski definition) is 3. The smallest absolute Gasteiger partial charge is 0.316 e. The molecule has 0 aromatic rings. The van der Waals surface area contributed by atoms with E-state index < -0.39 is 12.1 Å². The van der Waals surface area contributed by atoms with Crippen molar-refractivity contribution in [1.29, 1.82) is 0 Å². The molecule has 0 aliphatic carbocycles. The predicted molar refractivity (Wildman–Crippen MR) is 80.6 cm³/mol. The first-order chi connectivity index (χ1) is 9.99. The van der Waals surface area contributed by atoms with Crippen molar-refractivity contribution in [3.05, 3.63) is 0 Å². The van der Waals surface area contributed by atoms with Gasteiger partial charge in [-0.1, -0.05) is 26.7 Å². The van der Waals surface area contributed by atoms with E-state index in [1.807, 2.05) is 20.8 Å². The first-order valence-electron chi connectivity index (χ1n) is 7.39. The molecule has 6 nitrogen and oxygen atoms in total. The van der Waals surface area contributed by atoms with Gasteiger partial charge in [0, 0.05) is 13.1 Å². The monoisotopic (exact) mass is 295 g/mol. The van der Waals surface area contributed by atoms with Crippen molar-refractivity contribution in [2.24, 2.45) is 5.92 Å². The number of carbonyl (C=O) groups is 2. The zero-order valence-corrected chi connectivity index (χ0v) is 13.0. The minimum Gasteiger partial charge on any atom is -0.378 e. The van der Waals surface area contributed by atoms with E-state index in [0.29, 0.717) is 32.7 Å². The first kappa shape index (κ1) is 17.3. The highest BCUT2D eigenvalue weighted by Gasteiger charge is 2.26. The number of nitrogens with zero attached hydrogens (tertiary/aromatic N) is 1. The average Bonchev–Trinajstić information content (AvgIpc) is 2.50. The van der Waals surface area contributed by atoms with Gasteiger partial charge < -0.3 is 20.3 Å². The quantitative estimate of drug-likeness (QED) is 0.729. The number of rotatable bonds is 5. The summed E-state index contributed by atoms with van der Waals surface area (Å²) in [5.74, 6) is 2.60. The van der Waals surface area contributed by atoms with Crippen molar-refractivity contribution in [2.45, 2.75) is 39.3 Å². The maximum absolute atomic E-state index is 12.3. The summed E-state index contributed by atoms with van der Waals surface area (Å²) in [5, 5.41) is 5.41. The minimum absolute atomic E-state index is 0.0715. The average molecular weight is 295 g/mol. The van der Waals surface area contributed by atoms with Crippen LogP contribution in [-0.2, 0) is 9.53 Å². The molecule has 0 radical (unpaired) electrons. The molecule has 3 amide bonds. The molecule has 1 rings (SSSR count). The van der Waals surface area contributed by atoms with Crippen LogP contribution in [0.4, 0.5) is 4.79 Å². The van der Waals surface area contributed by atoms with Crippen LogP contribution >= 0.6 is 0 Å². The zero-order chi connectivity index (χ0) is 15.8. The van der Waals surface area contributed by atoms with Gasteiger partial charge in [0.15, 0.2) is 0 Å². The highest BCUT2D eigenvalue weighted by molar-refractivity contribution is 5.87. The second-order valence-electron chi connectivity index (χ2n) is 5.40.